The molecule has 2 rings (SSSR count). The molecule has 0 aliphatic heterocycles. The second-order valence-electron chi connectivity index (χ2n) is 4.17. The summed E-state index contributed by atoms with van der Waals surface area (Å²) in [6, 6.07) is 13.5. The Balaban J connectivity index is 2.47. The topological polar surface area (TPSA) is 70.0 Å². The normalized spacial score (nSPS) is 10.8. The van der Waals surface area contributed by atoms with Crippen LogP contribution in [0.2, 0.25) is 0 Å². The number of sulfonamides is 1. The third kappa shape index (κ3) is 3.00. The van der Waals surface area contributed by atoms with Gasteiger partial charge in [-0.25, -0.2) is 8.42 Å². The van der Waals surface area contributed by atoms with Crippen LogP contribution in [0.5, 0.6) is 0 Å². The molecule has 0 heterocycles. The third-order valence-electron chi connectivity index (χ3n) is 2.73. The minimum absolute atomic E-state index is 0.198. The van der Waals surface area contributed by atoms with Crippen LogP contribution < -0.4 is 4.72 Å². The van der Waals surface area contributed by atoms with Crippen LogP contribution in [0.25, 0.3) is 0 Å². The van der Waals surface area contributed by atoms with Gasteiger partial charge in [-0.2, -0.15) is 5.26 Å². The second-order valence-corrected chi connectivity index (χ2v) is 6.74. The van der Waals surface area contributed by atoms with Gasteiger partial charge in [0.15, 0.2) is 0 Å². The number of hydrogen-bond donors (Lipinski definition) is 1. The lowest BCUT2D eigenvalue weighted by Gasteiger charge is -2.11. The van der Waals surface area contributed by atoms with Crippen LogP contribution >= 0.6 is 15.9 Å². The average molecular weight is 351 g/mol. The average Bonchev–Trinajstić information content (AvgIpc) is 2.39. The lowest BCUT2D eigenvalue weighted by molar-refractivity contribution is 0.600. The van der Waals surface area contributed by atoms with Gasteiger partial charge in [-0.15, -0.1) is 0 Å². The zero-order valence-corrected chi connectivity index (χ0v) is 13.0. The smallest absolute Gasteiger partial charge is 0.262 e. The zero-order chi connectivity index (χ0) is 14.8. The minimum atomic E-state index is -3.72. The molecule has 0 bridgehead atoms. The molecule has 102 valence electrons. The minimum Gasteiger partial charge on any atom is -0.278 e. The lowest BCUT2D eigenvalue weighted by atomic mass is 10.2. The largest absolute Gasteiger partial charge is 0.278 e. The second kappa shape index (κ2) is 5.65. The highest BCUT2D eigenvalue weighted by Gasteiger charge is 2.18. The first-order valence-corrected chi connectivity index (χ1v) is 8.00. The number of nitriles is 1. The molecule has 1 N–H and O–H groups in total. The number of nitrogens with zero attached hydrogens (tertiary/aromatic N) is 1. The van der Waals surface area contributed by atoms with Gasteiger partial charge in [-0.1, -0.05) is 34.1 Å². The Bertz CT molecular complexity index is 795. The fraction of sp³-hybridized carbons (Fsp3) is 0.0714. The quantitative estimate of drug-likeness (QED) is 0.921. The summed E-state index contributed by atoms with van der Waals surface area (Å²) in [7, 11) is -3.72. The molecule has 0 aromatic heterocycles. The summed E-state index contributed by atoms with van der Waals surface area (Å²) >= 11 is 3.26. The highest BCUT2D eigenvalue weighted by Crippen LogP contribution is 2.24. The number of anilines is 1. The molecule has 0 amide bonds. The van der Waals surface area contributed by atoms with Crippen LogP contribution in [0, 0.1) is 18.3 Å². The molecule has 0 saturated heterocycles. The van der Waals surface area contributed by atoms with E-state index in [1.54, 1.807) is 43.3 Å². The first kappa shape index (κ1) is 14.6. The lowest BCUT2D eigenvalue weighted by Crippen LogP contribution is -2.15. The Morgan fingerprint density at radius 2 is 1.90 bits per heavy atom. The van der Waals surface area contributed by atoms with Gasteiger partial charge < -0.3 is 0 Å². The Morgan fingerprint density at radius 1 is 1.20 bits per heavy atom. The van der Waals surface area contributed by atoms with Crippen molar-refractivity contribution in [1.82, 2.24) is 0 Å². The van der Waals surface area contributed by atoms with E-state index in [4.69, 9.17) is 5.26 Å². The Kier molecular flexibility index (Phi) is 4.12. The molecule has 2 aromatic carbocycles. The highest BCUT2D eigenvalue weighted by molar-refractivity contribution is 9.10. The first-order chi connectivity index (χ1) is 9.44. The number of nitrogens with one attached hydrogen (secondary N) is 1. The maximum absolute atomic E-state index is 12.4. The molecule has 4 nitrogen and oxygen atoms in total. The van der Waals surface area contributed by atoms with Crippen molar-refractivity contribution in [2.75, 3.05) is 4.72 Å². The summed E-state index contributed by atoms with van der Waals surface area (Å²) < 4.78 is 27.9. The number of benzene rings is 2. The predicted octanol–water partition coefficient (Wildman–Crippen LogP) is 3.43. The van der Waals surface area contributed by atoms with E-state index < -0.39 is 10.0 Å². The van der Waals surface area contributed by atoms with Gasteiger partial charge in [0.05, 0.1) is 16.1 Å². The molecule has 0 unspecified atom stereocenters. The molecule has 0 fully saturated rings. The summed E-state index contributed by atoms with van der Waals surface area (Å²) in [5, 5.41) is 9.03. The van der Waals surface area contributed by atoms with Gasteiger partial charge in [-0.05, 0) is 36.8 Å². The molecule has 0 atom stereocenters. The van der Waals surface area contributed by atoms with Crippen LogP contribution in [0.4, 0.5) is 5.69 Å². The van der Waals surface area contributed by atoms with Crippen molar-refractivity contribution in [1.29, 1.82) is 5.26 Å². The number of halogens is 1. The van der Waals surface area contributed by atoms with Crippen molar-refractivity contribution < 1.29 is 8.42 Å². The van der Waals surface area contributed by atoms with Crippen molar-refractivity contribution >= 4 is 31.6 Å². The maximum atomic E-state index is 12.4. The van der Waals surface area contributed by atoms with Crippen molar-refractivity contribution in [2.24, 2.45) is 0 Å². The van der Waals surface area contributed by atoms with E-state index in [1.165, 1.54) is 6.07 Å². The van der Waals surface area contributed by atoms with Crippen molar-refractivity contribution in [3.05, 3.63) is 58.1 Å². The highest BCUT2D eigenvalue weighted by atomic mass is 79.9. The fourth-order valence-corrected chi connectivity index (χ4v) is 3.44. The summed E-state index contributed by atoms with van der Waals surface area (Å²) in [4.78, 5) is 0.198. The number of aryl methyl sites for hydroxylation is 1. The molecule has 0 aliphatic carbocycles. The first-order valence-electron chi connectivity index (χ1n) is 5.72. The molecule has 0 radical (unpaired) electrons. The SMILES string of the molecule is Cc1ccccc1S(=O)(=O)Nc1cc(Br)ccc1C#N. The number of rotatable bonds is 3. The Hall–Kier alpha value is -1.84. The molecule has 0 saturated carbocycles. The van der Waals surface area contributed by atoms with E-state index in [9.17, 15) is 8.42 Å². The molecular formula is C14H11BrN2O2S. The van der Waals surface area contributed by atoms with Crippen molar-refractivity contribution in [3.8, 4) is 6.07 Å². The van der Waals surface area contributed by atoms with E-state index in [0.717, 1.165) is 0 Å². The van der Waals surface area contributed by atoms with Gasteiger partial charge in [0.25, 0.3) is 10.0 Å². The Labute approximate surface area is 126 Å². The summed E-state index contributed by atoms with van der Waals surface area (Å²) in [5.41, 5.74) is 1.17. The summed E-state index contributed by atoms with van der Waals surface area (Å²) in [6.45, 7) is 1.72. The molecular weight excluding hydrogens is 340 g/mol. The zero-order valence-electron chi connectivity index (χ0n) is 10.6. The molecule has 0 aliphatic rings. The maximum Gasteiger partial charge on any atom is 0.262 e. The van der Waals surface area contributed by atoms with Crippen LogP contribution in [0.3, 0.4) is 0 Å². The van der Waals surface area contributed by atoms with E-state index in [2.05, 4.69) is 20.7 Å². The van der Waals surface area contributed by atoms with Crippen LogP contribution in [0.1, 0.15) is 11.1 Å². The molecule has 20 heavy (non-hydrogen) atoms. The predicted molar refractivity (Wildman–Crippen MR) is 80.8 cm³/mol. The third-order valence-corrected chi connectivity index (χ3v) is 4.75. The molecule has 0 spiro atoms. The Morgan fingerprint density at radius 3 is 2.55 bits per heavy atom. The number of hydrogen-bond acceptors (Lipinski definition) is 3. The van der Waals surface area contributed by atoms with Crippen LogP contribution in [-0.4, -0.2) is 8.42 Å². The summed E-state index contributed by atoms with van der Waals surface area (Å²) in [6.07, 6.45) is 0. The monoisotopic (exact) mass is 350 g/mol. The molecule has 2 aromatic rings. The van der Waals surface area contributed by atoms with Gasteiger partial charge >= 0.3 is 0 Å². The van der Waals surface area contributed by atoms with Gasteiger partial charge in [-0.3, -0.25) is 4.72 Å². The van der Waals surface area contributed by atoms with Crippen LogP contribution in [-0.2, 0) is 10.0 Å². The van der Waals surface area contributed by atoms with Crippen molar-refractivity contribution in [2.45, 2.75) is 11.8 Å². The van der Waals surface area contributed by atoms with Gasteiger partial charge in [0.2, 0.25) is 0 Å². The fourth-order valence-electron chi connectivity index (χ4n) is 1.76. The molecule has 6 heteroatoms. The van der Waals surface area contributed by atoms with E-state index >= 15 is 0 Å². The van der Waals surface area contributed by atoms with Crippen LogP contribution in [0.15, 0.2) is 51.8 Å². The van der Waals surface area contributed by atoms with E-state index in [0.29, 0.717) is 10.0 Å². The van der Waals surface area contributed by atoms with E-state index in [1.807, 2.05) is 6.07 Å². The van der Waals surface area contributed by atoms with Gasteiger partial charge in [0.1, 0.15) is 6.07 Å². The van der Waals surface area contributed by atoms with Gasteiger partial charge in [0, 0.05) is 4.47 Å². The standard InChI is InChI=1S/C14H11BrN2O2S/c1-10-4-2-3-5-14(10)20(18,19)17-13-8-12(15)7-6-11(13)9-16/h2-8,17H,1H3. The summed E-state index contributed by atoms with van der Waals surface area (Å²) in [5.74, 6) is 0. The van der Waals surface area contributed by atoms with E-state index in [-0.39, 0.29) is 16.1 Å². The van der Waals surface area contributed by atoms with Crippen molar-refractivity contribution in [3.63, 3.8) is 0 Å².